The fraction of sp³-hybridized carbons (Fsp3) is 0.154. The molecule has 1 aromatic heterocycles. The largest absolute Gasteiger partial charge is 0.493 e. The Labute approximate surface area is 212 Å². The summed E-state index contributed by atoms with van der Waals surface area (Å²) in [6.07, 6.45) is 0. The van der Waals surface area contributed by atoms with Gasteiger partial charge in [0.25, 0.3) is 11.5 Å². The topological polar surface area (TPSA) is 74.5 Å². The summed E-state index contributed by atoms with van der Waals surface area (Å²) in [6.45, 7) is 1.90. The molecule has 0 bridgehead atoms. The molecule has 0 unspecified atom stereocenters. The van der Waals surface area contributed by atoms with Crippen LogP contribution in [0, 0.1) is 6.92 Å². The summed E-state index contributed by atoms with van der Waals surface area (Å²) in [6, 6.07) is 19.2. The summed E-state index contributed by atoms with van der Waals surface area (Å²) in [5, 5.41) is 3.73. The SMILES string of the molecule is COc1cc(C(=O)Nc2c(C)n(C)n(-c3ccccc3)c2=O)ccc1OCc1c(Cl)cccc1Cl. The van der Waals surface area contributed by atoms with Gasteiger partial charge in [0.2, 0.25) is 0 Å². The number of para-hydroxylation sites is 1. The third kappa shape index (κ3) is 4.92. The Morgan fingerprint density at radius 3 is 2.31 bits per heavy atom. The van der Waals surface area contributed by atoms with E-state index in [1.54, 1.807) is 55.1 Å². The highest BCUT2D eigenvalue weighted by molar-refractivity contribution is 6.35. The van der Waals surface area contributed by atoms with Crippen molar-refractivity contribution in [3.63, 3.8) is 0 Å². The van der Waals surface area contributed by atoms with Crippen LogP contribution in [0.3, 0.4) is 0 Å². The second kappa shape index (κ2) is 10.3. The number of ether oxygens (including phenoxy) is 2. The van der Waals surface area contributed by atoms with Crippen LogP contribution in [0.2, 0.25) is 10.0 Å². The maximum Gasteiger partial charge on any atom is 0.295 e. The van der Waals surface area contributed by atoms with Crippen molar-refractivity contribution in [2.24, 2.45) is 7.05 Å². The van der Waals surface area contributed by atoms with Crippen LogP contribution in [0.5, 0.6) is 11.5 Å². The molecular weight excluding hydrogens is 489 g/mol. The lowest BCUT2D eigenvalue weighted by Crippen LogP contribution is -2.23. The number of rotatable bonds is 7. The number of anilines is 1. The highest BCUT2D eigenvalue weighted by Gasteiger charge is 2.20. The number of nitrogens with one attached hydrogen (secondary N) is 1. The summed E-state index contributed by atoms with van der Waals surface area (Å²) >= 11 is 12.4. The number of hydrogen-bond acceptors (Lipinski definition) is 4. The Morgan fingerprint density at radius 2 is 1.66 bits per heavy atom. The maximum absolute atomic E-state index is 13.1. The molecule has 0 radical (unpaired) electrons. The molecule has 0 aliphatic carbocycles. The fourth-order valence-electron chi connectivity index (χ4n) is 3.65. The van der Waals surface area contributed by atoms with Crippen molar-refractivity contribution in [1.29, 1.82) is 0 Å². The number of aromatic nitrogens is 2. The van der Waals surface area contributed by atoms with Crippen molar-refractivity contribution in [3.05, 3.63) is 104 Å². The molecule has 1 heterocycles. The zero-order valence-electron chi connectivity index (χ0n) is 19.3. The van der Waals surface area contributed by atoms with Crippen LogP contribution in [0.1, 0.15) is 21.6 Å². The number of nitrogens with zero attached hydrogens (tertiary/aromatic N) is 2. The van der Waals surface area contributed by atoms with Crippen molar-refractivity contribution in [3.8, 4) is 17.2 Å². The Hall–Kier alpha value is -3.68. The van der Waals surface area contributed by atoms with Crippen LogP contribution in [-0.4, -0.2) is 22.4 Å². The molecule has 0 aliphatic heterocycles. The van der Waals surface area contributed by atoms with E-state index in [9.17, 15) is 9.59 Å². The second-order valence-electron chi connectivity index (χ2n) is 7.75. The van der Waals surface area contributed by atoms with Gasteiger partial charge in [-0.1, -0.05) is 47.5 Å². The summed E-state index contributed by atoms with van der Waals surface area (Å²) in [5.41, 5.74) is 2.15. The van der Waals surface area contributed by atoms with Gasteiger partial charge in [0, 0.05) is 28.2 Å². The van der Waals surface area contributed by atoms with Crippen molar-refractivity contribution < 1.29 is 14.3 Å². The average molecular weight is 512 g/mol. The van der Waals surface area contributed by atoms with E-state index >= 15 is 0 Å². The van der Waals surface area contributed by atoms with Crippen LogP contribution < -0.4 is 20.3 Å². The van der Waals surface area contributed by atoms with Crippen LogP contribution in [0.25, 0.3) is 5.69 Å². The van der Waals surface area contributed by atoms with Gasteiger partial charge in [0.05, 0.1) is 18.5 Å². The van der Waals surface area contributed by atoms with Crippen molar-refractivity contribution in [1.82, 2.24) is 9.36 Å². The second-order valence-corrected chi connectivity index (χ2v) is 8.56. The fourth-order valence-corrected chi connectivity index (χ4v) is 4.15. The Balaban J connectivity index is 1.57. The highest BCUT2D eigenvalue weighted by atomic mass is 35.5. The Morgan fingerprint density at radius 1 is 0.971 bits per heavy atom. The van der Waals surface area contributed by atoms with Crippen LogP contribution in [-0.2, 0) is 13.7 Å². The van der Waals surface area contributed by atoms with E-state index in [1.807, 2.05) is 30.3 Å². The summed E-state index contributed by atoms with van der Waals surface area (Å²) < 4.78 is 14.5. The lowest BCUT2D eigenvalue weighted by molar-refractivity contribution is 0.102. The van der Waals surface area contributed by atoms with Gasteiger partial charge in [-0.15, -0.1) is 0 Å². The third-order valence-corrected chi connectivity index (χ3v) is 6.36. The van der Waals surface area contributed by atoms with Crippen LogP contribution >= 0.6 is 23.2 Å². The number of carbonyl (C=O) groups excluding carboxylic acids is 1. The van der Waals surface area contributed by atoms with Gasteiger partial charge in [0.15, 0.2) is 11.5 Å². The van der Waals surface area contributed by atoms with Crippen molar-refractivity contribution in [2.75, 3.05) is 12.4 Å². The molecule has 7 nitrogen and oxygen atoms in total. The zero-order chi connectivity index (χ0) is 25.1. The molecule has 0 aliphatic rings. The van der Waals surface area contributed by atoms with Crippen molar-refractivity contribution >= 4 is 34.8 Å². The Kier molecular flexibility index (Phi) is 7.19. The molecule has 180 valence electrons. The number of carbonyl (C=O) groups is 1. The van der Waals surface area contributed by atoms with Gasteiger partial charge in [-0.25, -0.2) is 4.68 Å². The minimum atomic E-state index is -0.449. The van der Waals surface area contributed by atoms with Gasteiger partial charge in [-0.3, -0.25) is 14.3 Å². The van der Waals surface area contributed by atoms with E-state index in [0.29, 0.717) is 44.1 Å². The number of benzene rings is 3. The minimum Gasteiger partial charge on any atom is -0.493 e. The van der Waals surface area contributed by atoms with Gasteiger partial charge in [0.1, 0.15) is 12.3 Å². The first kappa shape index (κ1) is 24.4. The van der Waals surface area contributed by atoms with E-state index in [4.69, 9.17) is 32.7 Å². The number of methoxy groups -OCH3 is 1. The van der Waals surface area contributed by atoms with E-state index < -0.39 is 5.91 Å². The third-order valence-electron chi connectivity index (χ3n) is 5.65. The number of hydrogen-bond donors (Lipinski definition) is 1. The quantitative estimate of drug-likeness (QED) is 0.348. The smallest absolute Gasteiger partial charge is 0.295 e. The van der Waals surface area contributed by atoms with E-state index in [0.717, 1.165) is 0 Å². The summed E-state index contributed by atoms with van der Waals surface area (Å²) in [7, 11) is 3.24. The molecule has 9 heteroatoms. The van der Waals surface area contributed by atoms with Crippen LogP contribution in [0.4, 0.5) is 5.69 Å². The normalized spacial score (nSPS) is 10.8. The molecule has 1 N–H and O–H groups in total. The van der Waals surface area contributed by atoms with Gasteiger partial charge in [-0.2, -0.15) is 0 Å². The molecule has 35 heavy (non-hydrogen) atoms. The molecule has 0 saturated heterocycles. The molecule has 4 aromatic rings. The molecule has 3 aromatic carbocycles. The number of amides is 1. The van der Waals surface area contributed by atoms with Crippen molar-refractivity contribution in [2.45, 2.75) is 13.5 Å². The zero-order valence-corrected chi connectivity index (χ0v) is 20.9. The first-order valence-electron chi connectivity index (χ1n) is 10.7. The summed E-state index contributed by atoms with van der Waals surface area (Å²) in [5.74, 6) is 0.324. The van der Waals surface area contributed by atoms with E-state index in [-0.39, 0.29) is 17.9 Å². The lowest BCUT2D eigenvalue weighted by atomic mass is 10.1. The maximum atomic E-state index is 13.1. The molecule has 1 amide bonds. The molecule has 0 saturated carbocycles. The van der Waals surface area contributed by atoms with Gasteiger partial charge < -0.3 is 14.8 Å². The minimum absolute atomic E-state index is 0.128. The lowest BCUT2D eigenvalue weighted by Gasteiger charge is -2.13. The van der Waals surface area contributed by atoms with Gasteiger partial charge >= 0.3 is 0 Å². The predicted octanol–water partition coefficient (Wildman–Crippen LogP) is 5.63. The Bertz CT molecular complexity index is 1420. The first-order chi connectivity index (χ1) is 16.8. The molecule has 0 atom stereocenters. The number of halogens is 2. The van der Waals surface area contributed by atoms with E-state index in [2.05, 4.69) is 5.32 Å². The average Bonchev–Trinajstić information content (AvgIpc) is 3.07. The predicted molar refractivity (Wildman–Crippen MR) is 137 cm³/mol. The molecule has 4 rings (SSSR count). The molecular formula is C26H23Cl2N3O4. The standard InChI is InChI=1S/C26H23Cl2N3O4/c1-16-24(26(33)31(30(16)2)18-8-5-4-6-9-18)29-25(32)17-12-13-22(23(14-17)34-3)35-15-19-20(27)10-7-11-21(19)28/h4-14H,15H2,1-3H3,(H,29,32). The highest BCUT2D eigenvalue weighted by Crippen LogP contribution is 2.31. The van der Waals surface area contributed by atoms with Gasteiger partial charge in [-0.05, 0) is 49.4 Å². The molecule has 0 fully saturated rings. The van der Waals surface area contributed by atoms with E-state index in [1.165, 1.54) is 11.8 Å². The first-order valence-corrected chi connectivity index (χ1v) is 11.5. The van der Waals surface area contributed by atoms with Crippen LogP contribution in [0.15, 0.2) is 71.5 Å². The summed E-state index contributed by atoms with van der Waals surface area (Å²) in [4.78, 5) is 26.1. The molecule has 0 spiro atoms. The monoisotopic (exact) mass is 511 g/mol.